The lowest BCUT2D eigenvalue weighted by molar-refractivity contribution is -0.141. The molecule has 0 saturated heterocycles. The number of rotatable bonds is 3. The molecule has 0 amide bonds. The second kappa shape index (κ2) is 4.45. The number of fused-ring (bicyclic) bond motifs is 1. The number of aliphatic carboxylic acids is 1. The van der Waals surface area contributed by atoms with Crippen LogP contribution in [0.3, 0.4) is 0 Å². The smallest absolute Gasteiger partial charge is 0.306 e. The highest BCUT2D eigenvalue weighted by Gasteiger charge is 2.27. The van der Waals surface area contributed by atoms with Crippen LogP contribution in [0.5, 0.6) is 5.75 Å². The van der Waals surface area contributed by atoms with Gasteiger partial charge in [-0.2, -0.15) is 0 Å². The van der Waals surface area contributed by atoms with Crippen LogP contribution in [0.25, 0.3) is 0 Å². The van der Waals surface area contributed by atoms with Crippen molar-refractivity contribution in [1.29, 1.82) is 0 Å². The van der Waals surface area contributed by atoms with Crippen LogP contribution in [0.2, 0.25) is 0 Å². The highest BCUT2D eigenvalue weighted by Crippen LogP contribution is 2.38. The predicted octanol–water partition coefficient (Wildman–Crippen LogP) is 3.04. The molecule has 86 valence electrons. The summed E-state index contributed by atoms with van der Waals surface area (Å²) < 4.78 is 6.54. The van der Waals surface area contributed by atoms with Crippen LogP contribution in [0.15, 0.2) is 22.7 Å². The molecule has 1 heterocycles. The number of ether oxygens (including phenoxy) is 1. The van der Waals surface area contributed by atoms with Gasteiger partial charge in [0.1, 0.15) is 5.75 Å². The Balaban J connectivity index is 2.17. The molecule has 0 radical (unpaired) electrons. The largest absolute Gasteiger partial charge is 0.493 e. The molecule has 1 aliphatic rings. The van der Waals surface area contributed by atoms with Gasteiger partial charge in [0.15, 0.2) is 0 Å². The number of benzene rings is 1. The minimum atomic E-state index is -0.747. The molecule has 1 aromatic rings. The zero-order chi connectivity index (χ0) is 11.7. The van der Waals surface area contributed by atoms with Gasteiger partial charge in [-0.15, -0.1) is 0 Å². The Kier molecular flexibility index (Phi) is 3.19. The Labute approximate surface area is 103 Å². The third kappa shape index (κ3) is 2.21. The molecule has 0 aromatic heterocycles. The van der Waals surface area contributed by atoms with Gasteiger partial charge < -0.3 is 9.84 Å². The lowest BCUT2D eigenvalue weighted by Gasteiger charge is -2.12. The van der Waals surface area contributed by atoms with Crippen molar-refractivity contribution >= 4 is 21.9 Å². The molecule has 2 atom stereocenters. The summed E-state index contributed by atoms with van der Waals surface area (Å²) in [5, 5.41) is 8.89. The van der Waals surface area contributed by atoms with Gasteiger partial charge in [0.2, 0.25) is 0 Å². The highest BCUT2D eigenvalue weighted by atomic mass is 79.9. The van der Waals surface area contributed by atoms with Gasteiger partial charge in [-0.25, -0.2) is 0 Å². The summed E-state index contributed by atoms with van der Waals surface area (Å²) in [7, 11) is 0. The second-order valence-electron chi connectivity index (χ2n) is 4.17. The van der Waals surface area contributed by atoms with Crippen LogP contribution in [0.1, 0.15) is 24.8 Å². The van der Waals surface area contributed by atoms with Crippen molar-refractivity contribution in [2.75, 3.05) is 6.61 Å². The minimum absolute atomic E-state index is 0.193. The Morgan fingerprint density at radius 3 is 3.12 bits per heavy atom. The monoisotopic (exact) mass is 284 g/mol. The van der Waals surface area contributed by atoms with Crippen LogP contribution in [-0.4, -0.2) is 17.7 Å². The molecule has 0 bridgehead atoms. The molecule has 0 fully saturated rings. The zero-order valence-electron chi connectivity index (χ0n) is 8.94. The van der Waals surface area contributed by atoms with E-state index in [-0.39, 0.29) is 11.8 Å². The predicted molar refractivity (Wildman–Crippen MR) is 63.8 cm³/mol. The average molecular weight is 285 g/mol. The van der Waals surface area contributed by atoms with Crippen molar-refractivity contribution in [3.05, 3.63) is 28.2 Å². The number of hydrogen-bond acceptors (Lipinski definition) is 2. The summed E-state index contributed by atoms with van der Waals surface area (Å²) in [4.78, 5) is 10.8. The van der Waals surface area contributed by atoms with Gasteiger partial charge in [-0.1, -0.05) is 22.9 Å². The average Bonchev–Trinajstić information content (AvgIpc) is 2.61. The van der Waals surface area contributed by atoms with Crippen LogP contribution in [-0.2, 0) is 4.79 Å². The maximum Gasteiger partial charge on any atom is 0.306 e. The zero-order valence-corrected chi connectivity index (χ0v) is 10.5. The number of halogens is 1. The molecule has 1 aliphatic heterocycles. The van der Waals surface area contributed by atoms with E-state index in [1.807, 2.05) is 18.2 Å². The van der Waals surface area contributed by atoms with E-state index in [1.54, 1.807) is 6.92 Å². The second-order valence-corrected chi connectivity index (χ2v) is 5.08. The van der Waals surface area contributed by atoms with E-state index in [4.69, 9.17) is 9.84 Å². The summed E-state index contributed by atoms with van der Waals surface area (Å²) >= 11 is 3.42. The number of carboxylic acid groups (broad SMARTS) is 1. The third-order valence-corrected chi connectivity index (χ3v) is 3.40. The normalized spacial score (nSPS) is 20.0. The molecular weight excluding hydrogens is 272 g/mol. The number of carboxylic acids is 1. The lowest BCUT2D eigenvalue weighted by Crippen LogP contribution is -2.14. The molecule has 0 saturated carbocycles. The fraction of sp³-hybridized carbons (Fsp3) is 0.417. The standard InChI is InChI=1S/C12H13BrO3/c1-7(12(14)15)4-8-6-16-11-3-2-9(13)5-10(8)11/h2-3,5,7-8H,4,6H2,1H3,(H,14,15). The van der Waals surface area contributed by atoms with Gasteiger partial charge in [0, 0.05) is 16.0 Å². The summed E-state index contributed by atoms with van der Waals surface area (Å²) in [6.45, 7) is 2.32. The molecule has 0 aliphatic carbocycles. The molecule has 16 heavy (non-hydrogen) atoms. The van der Waals surface area contributed by atoms with Crippen molar-refractivity contribution in [3.63, 3.8) is 0 Å². The Morgan fingerprint density at radius 1 is 1.69 bits per heavy atom. The summed E-state index contributed by atoms with van der Waals surface area (Å²) in [5.41, 5.74) is 1.11. The van der Waals surface area contributed by atoms with E-state index in [0.29, 0.717) is 13.0 Å². The van der Waals surface area contributed by atoms with Crippen molar-refractivity contribution < 1.29 is 14.6 Å². The first-order chi connectivity index (χ1) is 7.58. The van der Waals surface area contributed by atoms with Gasteiger partial charge in [-0.05, 0) is 24.6 Å². The number of hydrogen-bond donors (Lipinski definition) is 1. The third-order valence-electron chi connectivity index (χ3n) is 2.91. The Hall–Kier alpha value is -1.03. The lowest BCUT2D eigenvalue weighted by atomic mass is 9.91. The maximum atomic E-state index is 10.8. The van der Waals surface area contributed by atoms with E-state index in [1.165, 1.54) is 0 Å². The fourth-order valence-electron chi connectivity index (χ4n) is 1.97. The molecule has 4 heteroatoms. The van der Waals surface area contributed by atoms with Crippen LogP contribution < -0.4 is 4.74 Å². The molecule has 3 nitrogen and oxygen atoms in total. The summed E-state index contributed by atoms with van der Waals surface area (Å²) in [5.74, 6) is -0.00799. The van der Waals surface area contributed by atoms with Crippen LogP contribution >= 0.6 is 15.9 Å². The van der Waals surface area contributed by atoms with E-state index >= 15 is 0 Å². The van der Waals surface area contributed by atoms with E-state index < -0.39 is 5.97 Å². The highest BCUT2D eigenvalue weighted by molar-refractivity contribution is 9.10. The quantitative estimate of drug-likeness (QED) is 0.928. The van der Waals surface area contributed by atoms with E-state index in [2.05, 4.69) is 15.9 Å². The van der Waals surface area contributed by atoms with E-state index in [9.17, 15) is 4.79 Å². The Bertz CT molecular complexity index is 417. The molecular formula is C12H13BrO3. The van der Waals surface area contributed by atoms with E-state index in [0.717, 1.165) is 15.8 Å². The topological polar surface area (TPSA) is 46.5 Å². The Morgan fingerprint density at radius 2 is 2.44 bits per heavy atom. The molecule has 2 unspecified atom stereocenters. The molecule has 1 aromatic carbocycles. The maximum absolute atomic E-state index is 10.8. The molecule has 1 N–H and O–H groups in total. The van der Waals surface area contributed by atoms with Crippen molar-refractivity contribution in [2.45, 2.75) is 19.3 Å². The van der Waals surface area contributed by atoms with Gasteiger partial charge in [0.25, 0.3) is 0 Å². The minimum Gasteiger partial charge on any atom is -0.493 e. The van der Waals surface area contributed by atoms with Crippen molar-refractivity contribution in [1.82, 2.24) is 0 Å². The first kappa shape index (κ1) is 11.5. The van der Waals surface area contributed by atoms with Gasteiger partial charge in [0.05, 0.1) is 12.5 Å². The first-order valence-corrected chi connectivity index (χ1v) is 6.02. The summed E-state index contributed by atoms with van der Waals surface area (Å²) in [6.07, 6.45) is 0.624. The van der Waals surface area contributed by atoms with Crippen LogP contribution in [0.4, 0.5) is 0 Å². The SMILES string of the molecule is CC(CC1COc2ccc(Br)cc21)C(=O)O. The first-order valence-electron chi connectivity index (χ1n) is 5.23. The summed E-state index contributed by atoms with van der Waals surface area (Å²) in [6, 6.07) is 5.87. The number of carbonyl (C=O) groups is 1. The molecule has 2 rings (SSSR count). The fourth-order valence-corrected chi connectivity index (χ4v) is 2.35. The van der Waals surface area contributed by atoms with Gasteiger partial charge in [-0.3, -0.25) is 4.79 Å². The molecule has 0 spiro atoms. The van der Waals surface area contributed by atoms with Crippen molar-refractivity contribution in [3.8, 4) is 5.75 Å². The van der Waals surface area contributed by atoms with Crippen molar-refractivity contribution in [2.24, 2.45) is 5.92 Å². The van der Waals surface area contributed by atoms with Gasteiger partial charge >= 0.3 is 5.97 Å². The van der Waals surface area contributed by atoms with Crippen LogP contribution in [0, 0.1) is 5.92 Å².